The van der Waals surface area contributed by atoms with E-state index in [9.17, 15) is 0 Å². The zero-order valence-corrected chi connectivity index (χ0v) is 15.6. The summed E-state index contributed by atoms with van der Waals surface area (Å²) >= 11 is 0. The molecule has 0 amide bonds. The Kier molecular flexibility index (Phi) is 4.07. The van der Waals surface area contributed by atoms with Crippen LogP contribution in [0.15, 0.2) is 48.9 Å². The molecule has 0 aliphatic carbocycles. The van der Waals surface area contributed by atoms with E-state index < -0.39 is 0 Å². The van der Waals surface area contributed by atoms with Crippen LogP contribution >= 0.6 is 0 Å². The molecule has 0 fully saturated rings. The van der Waals surface area contributed by atoms with Crippen molar-refractivity contribution in [1.82, 2.24) is 24.3 Å². The summed E-state index contributed by atoms with van der Waals surface area (Å²) in [4.78, 5) is 9.17. The summed E-state index contributed by atoms with van der Waals surface area (Å²) in [5.74, 6) is 0.981. The van der Waals surface area contributed by atoms with Crippen molar-refractivity contribution in [1.29, 1.82) is 0 Å². The summed E-state index contributed by atoms with van der Waals surface area (Å²) in [5, 5.41) is 5.77. The van der Waals surface area contributed by atoms with Gasteiger partial charge in [-0.15, -0.1) is 0 Å². The molecule has 4 rings (SSSR count). The maximum atomic E-state index is 4.68. The lowest BCUT2D eigenvalue weighted by Gasteiger charge is -2.18. The van der Waals surface area contributed by atoms with Crippen molar-refractivity contribution in [2.45, 2.75) is 40.3 Å². The van der Waals surface area contributed by atoms with Crippen LogP contribution in [0.3, 0.4) is 0 Å². The molecule has 0 saturated carbocycles. The van der Waals surface area contributed by atoms with Gasteiger partial charge in [0, 0.05) is 41.8 Å². The minimum Gasteiger partial charge on any atom is -0.329 e. The number of imidazole rings is 1. The van der Waals surface area contributed by atoms with Gasteiger partial charge in [0.1, 0.15) is 5.82 Å². The van der Waals surface area contributed by atoms with Crippen molar-refractivity contribution in [2.75, 3.05) is 0 Å². The standard InChI is InChI=1S/C21H23N5/c1-14-7-8-19-18(6-5-9-22-19)20(14)21-23-10-11-25(21)13-17(4)26-16(3)12-15(2)24-26/h5-12,17H,13H2,1-4H3/t17-/m1/s1. The van der Waals surface area contributed by atoms with Crippen LogP contribution in [0.25, 0.3) is 22.3 Å². The summed E-state index contributed by atoms with van der Waals surface area (Å²) in [5.41, 5.74) is 5.59. The highest BCUT2D eigenvalue weighted by atomic mass is 15.3. The van der Waals surface area contributed by atoms with E-state index in [0.717, 1.165) is 34.5 Å². The summed E-state index contributed by atoms with van der Waals surface area (Å²) in [6.07, 6.45) is 5.75. The summed E-state index contributed by atoms with van der Waals surface area (Å²) in [6, 6.07) is 10.6. The quantitative estimate of drug-likeness (QED) is 0.548. The van der Waals surface area contributed by atoms with E-state index in [0.29, 0.717) is 0 Å². The van der Waals surface area contributed by atoms with Crippen molar-refractivity contribution in [2.24, 2.45) is 0 Å². The molecule has 5 nitrogen and oxygen atoms in total. The second-order valence-corrected chi connectivity index (χ2v) is 6.95. The molecule has 0 unspecified atom stereocenters. The number of aryl methyl sites for hydroxylation is 3. The molecule has 0 aliphatic rings. The first-order valence-corrected chi connectivity index (χ1v) is 8.93. The molecule has 1 atom stereocenters. The average Bonchev–Trinajstić information content (AvgIpc) is 3.20. The van der Waals surface area contributed by atoms with E-state index in [1.54, 1.807) is 0 Å². The number of benzene rings is 1. The Labute approximate surface area is 153 Å². The van der Waals surface area contributed by atoms with Gasteiger partial charge in [-0.3, -0.25) is 9.67 Å². The normalized spacial score (nSPS) is 12.6. The van der Waals surface area contributed by atoms with Crippen LogP contribution in [0.4, 0.5) is 0 Å². The number of fused-ring (bicyclic) bond motifs is 1. The van der Waals surface area contributed by atoms with Crippen molar-refractivity contribution in [3.63, 3.8) is 0 Å². The van der Waals surface area contributed by atoms with Gasteiger partial charge in [-0.05, 0) is 51.5 Å². The number of hydrogen-bond acceptors (Lipinski definition) is 3. The fourth-order valence-corrected chi connectivity index (χ4v) is 3.70. The third-order valence-corrected chi connectivity index (χ3v) is 4.86. The first kappa shape index (κ1) is 16.5. The Bertz CT molecular complexity index is 1070. The van der Waals surface area contributed by atoms with Crippen LogP contribution in [0.1, 0.15) is 29.9 Å². The minimum absolute atomic E-state index is 0.241. The van der Waals surface area contributed by atoms with Crippen LogP contribution in [0, 0.1) is 20.8 Å². The first-order valence-electron chi connectivity index (χ1n) is 8.93. The smallest absolute Gasteiger partial charge is 0.140 e. The molecule has 5 heteroatoms. The molecule has 0 bridgehead atoms. The van der Waals surface area contributed by atoms with Crippen LogP contribution in [-0.4, -0.2) is 24.3 Å². The molecule has 26 heavy (non-hydrogen) atoms. The van der Waals surface area contributed by atoms with Gasteiger partial charge in [0.05, 0.1) is 17.3 Å². The zero-order valence-electron chi connectivity index (χ0n) is 15.6. The van der Waals surface area contributed by atoms with Gasteiger partial charge in [-0.1, -0.05) is 12.1 Å². The maximum absolute atomic E-state index is 4.68. The predicted octanol–water partition coefficient (Wildman–Crippen LogP) is 4.48. The fourth-order valence-electron chi connectivity index (χ4n) is 3.70. The molecule has 3 heterocycles. The van der Waals surface area contributed by atoms with E-state index in [2.05, 4.69) is 69.4 Å². The van der Waals surface area contributed by atoms with Gasteiger partial charge in [0.2, 0.25) is 0 Å². The van der Waals surface area contributed by atoms with Crippen molar-refractivity contribution in [3.05, 3.63) is 65.9 Å². The number of aromatic nitrogens is 5. The highest BCUT2D eigenvalue weighted by Crippen LogP contribution is 2.30. The Morgan fingerprint density at radius 3 is 2.65 bits per heavy atom. The SMILES string of the molecule is Cc1cc(C)n([C@H](C)Cn2ccnc2-c2c(C)ccc3ncccc23)n1. The third kappa shape index (κ3) is 2.79. The van der Waals surface area contributed by atoms with E-state index in [1.807, 2.05) is 31.6 Å². The van der Waals surface area contributed by atoms with E-state index in [1.165, 1.54) is 11.3 Å². The van der Waals surface area contributed by atoms with Crippen molar-refractivity contribution in [3.8, 4) is 11.4 Å². The van der Waals surface area contributed by atoms with Gasteiger partial charge in [-0.2, -0.15) is 5.10 Å². The van der Waals surface area contributed by atoms with Gasteiger partial charge in [-0.25, -0.2) is 4.98 Å². The Morgan fingerprint density at radius 1 is 1.04 bits per heavy atom. The Hall–Kier alpha value is -2.95. The van der Waals surface area contributed by atoms with Crippen LogP contribution in [-0.2, 0) is 6.54 Å². The molecule has 0 spiro atoms. The largest absolute Gasteiger partial charge is 0.329 e. The first-order chi connectivity index (χ1) is 12.5. The summed E-state index contributed by atoms with van der Waals surface area (Å²) < 4.78 is 4.31. The molecule has 0 aliphatic heterocycles. The average molecular weight is 345 g/mol. The molecule has 3 aromatic heterocycles. The van der Waals surface area contributed by atoms with Crippen LogP contribution in [0.2, 0.25) is 0 Å². The molecule has 0 saturated heterocycles. The van der Waals surface area contributed by atoms with Gasteiger partial charge in [0.15, 0.2) is 0 Å². The van der Waals surface area contributed by atoms with E-state index in [4.69, 9.17) is 0 Å². The molecular formula is C21H23N5. The highest BCUT2D eigenvalue weighted by Gasteiger charge is 2.16. The topological polar surface area (TPSA) is 48.5 Å². The van der Waals surface area contributed by atoms with Crippen LogP contribution < -0.4 is 0 Å². The highest BCUT2D eigenvalue weighted by molar-refractivity contribution is 5.94. The summed E-state index contributed by atoms with van der Waals surface area (Å²) in [7, 11) is 0. The second kappa shape index (κ2) is 6.41. The summed E-state index contributed by atoms with van der Waals surface area (Å²) in [6.45, 7) is 9.27. The number of rotatable bonds is 4. The molecular weight excluding hydrogens is 322 g/mol. The Balaban J connectivity index is 1.77. The number of nitrogens with zero attached hydrogens (tertiary/aromatic N) is 5. The maximum Gasteiger partial charge on any atom is 0.140 e. The van der Waals surface area contributed by atoms with Crippen molar-refractivity contribution < 1.29 is 0 Å². The fraction of sp³-hybridized carbons (Fsp3) is 0.286. The lowest BCUT2D eigenvalue weighted by molar-refractivity contribution is 0.419. The monoisotopic (exact) mass is 345 g/mol. The molecule has 0 radical (unpaired) electrons. The lowest BCUT2D eigenvalue weighted by Crippen LogP contribution is -2.16. The molecule has 132 valence electrons. The second-order valence-electron chi connectivity index (χ2n) is 6.95. The van der Waals surface area contributed by atoms with Gasteiger partial charge in [0.25, 0.3) is 0 Å². The zero-order chi connectivity index (χ0) is 18.3. The predicted molar refractivity (Wildman–Crippen MR) is 104 cm³/mol. The van der Waals surface area contributed by atoms with Crippen LogP contribution in [0.5, 0.6) is 0 Å². The third-order valence-electron chi connectivity index (χ3n) is 4.86. The Morgan fingerprint density at radius 2 is 1.88 bits per heavy atom. The molecule has 1 aromatic carbocycles. The van der Waals surface area contributed by atoms with Gasteiger partial charge < -0.3 is 4.57 Å². The van der Waals surface area contributed by atoms with Gasteiger partial charge >= 0.3 is 0 Å². The number of pyridine rings is 1. The van der Waals surface area contributed by atoms with E-state index in [-0.39, 0.29) is 6.04 Å². The van der Waals surface area contributed by atoms with Crippen molar-refractivity contribution >= 4 is 10.9 Å². The minimum atomic E-state index is 0.241. The molecule has 4 aromatic rings. The molecule has 0 N–H and O–H groups in total. The van der Waals surface area contributed by atoms with E-state index >= 15 is 0 Å². The lowest BCUT2D eigenvalue weighted by atomic mass is 10.0. The number of hydrogen-bond donors (Lipinski definition) is 0.